The van der Waals surface area contributed by atoms with E-state index in [4.69, 9.17) is 9.47 Å². The molecule has 214 valence electrons. The van der Waals surface area contributed by atoms with Crippen molar-refractivity contribution in [3.8, 4) is 11.1 Å². The third kappa shape index (κ3) is 5.53. The molecule has 0 aromatic heterocycles. The lowest BCUT2D eigenvalue weighted by molar-refractivity contribution is 0.0381. The summed E-state index contributed by atoms with van der Waals surface area (Å²) >= 11 is 0. The molecule has 0 heterocycles. The Kier molecular flexibility index (Phi) is 8.15. The molecule has 44 heavy (non-hydrogen) atoms. The van der Waals surface area contributed by atoms with Gasteiger partial charge >= 0.3 is 11.9 Å². The first-order valence-corrected chi connectivity index (χ1v) is 14.4. The van der Waals surface area contributed by atoms with Crippen molar-refractivity contribution in [2.75, 3.05) is 0 Å². The van der Waals surface area contributed by atoms with Crippen molar-refractivity contribution in [3.63, 3.8) is 0 Å². The summed E-state index contributed by atoms with van der Waals surface area (Å²) in [5, 5.41) is 3.95. The molecule has 2 atom stereocenters. The van der Waals surface area contributed by atoms with E-state index < -0.39 is 24.1 Å². The SMILES string of the molecule is C=CC(OC(=O)c1ccccc1)c1ccc2ccccc2c1-c1c(C(C=C)OC(=O)c2ccccc2)ccc2ccccc12. The van der Waals surface area contributed by atoms with Gasteiger partial charge in [-0.1, -0.05) is 122 Å². The van der Waals surface area contributed by atoms with Crippen LogP contribution in [0, 0.1) is 0 Å². The number of hydrogen-bond donors (Lipinski definition) is 0. The molecule has 0 bridgehead atoms. The molecule has 0 saturated carbocycles. The lowest BCUT2D eigenvalue weighted by atomic mass is 9.84. The van der Waals surface area contributed by atoms with Gasteiger partial charge in [0.25, 0.3) is 0 Å². The van der Waals surface area contributed by atoms with Gasteiger partial charge in [0.1, 0.15) is 12.2 Å². The van der Waals surface area contributed by atoms with Crippen molar-refractivity contribution < 1.29 is 19.1 Å². The zero-order valence-corrected chi connectivity index (χ0v) is 24.1. The molecule has 4 nitrogen and oxygen atoms in total. The fraction of sp³-hybridized carbons (Fsp3) is 0.0500. The molecule has 4 heteroatoms. The maximum absolute atomic E-state index is 13.2. The van der Waals surface area contributed by atoms with Crippen LogP contribution in [0.4, 0.5) is 0 Å². The van der Waals surface area contributed by atoms with Crippen molar-refractivity contribution in [1.29, 1.82) is 0 Å². The smallest absolute Gasteiger partial charge is 0.339 e. The van der Waals surface area contributed by atoms with E-state index in [-0.39, 0.29) is 0 Å². The van der Waals surface area contributed by atoms with E-state index >= 15 is 0 Å². The number of benzene rings is 6. The van der Waals surface area contributed by atoms with Crippen LogP contribution in [0.5, 0.6) is 0 Å². The number of carbonyl (C=O) groups excluding carboxylic acids is 2. The molecule has 0 fully saturated rings. The van der Waals surface area contributed by atoms with E-state index in [9.17, 15) is 9.59 Å². The van der Waals surface area contributed by atoms with Gasteiger partial charge in [0.2, 0.25) is 0 Å². The Bertz CT molecular complexity index is 1850. The van der Waals surface area contributed by atoms with Crippen molar-refractivity contribution in [1.82, 2.24) is 0 Å². The number of rotatable bonds is 9. The minimum absolute atomic E-state index is 0.450. The van der Waals surface area contributed by atoms with Crippen LogP contribution in [0.25, 0.3) is 32.7 Å². The molecular weight excluding hydrogens is 544 g/mol. The van der Waals surface area contributed by atoms with Gasteiger partial charge in [0.05, 0.1) is 11.1 Å². The van der Waals surface area contributed by atoms with Crippen LogP contribution < -0.4 is 0 Å². The second-order valence-corrected chi connectivity index (χ2v) is 10.4. The predicted octanol–water partition coefficient (Wildman–Crippen LogP) is 9.83. The Balaban J connectivity index is 1.57. The monoisotopic (exact) mass is 574 g/mol. The summed E-state index contributed by atoms with van der Waals surface area (Å²) < 4.78 is 12.2. The summed E-state index contributed by atoms with van der Waals surface area (Å²) in [5.41, 5.74) is 4.15. The van der Waals surface area contributed by atoms with E-state index in [1.54, 1.807) is 60.7 Å². The lowest BCUT2D eigenvalue weighted by Crippen LogP contribution is -2.13. The number of fused-ring (bicyclic) bond motifs is 2. The van der Waals surface area contributed by atoms with Crippen LogP contribution in [0.3, 0.4) is 0 Å². The van der Waals surface area contributed by atoms with Crippen molar-refractivity contribution in [3.05, 3.63) is 181 Å². The summed E-state index contributed by atoms with van der Waals surface area (Å²) in [5.74, 6) is -0.901. The molecule has 0 spiro atoms. The van der Waals surface area contributed by atoms with E-state index in [2.05, 4.69) is 25.3 Å². The molecular formula is C40H30O4. The zero-order valence-electron chi connectivity index (χ0n) is 24.1. The first kappa shape index (κ1) is 28.4. The average molecular weight is 575 g/mol. The predicted molar refractivity (Wildman–Crippen MR) is 176 cm³/mol. The van der Waals surface area contributed by atoms with Crippen LogP contribution >= 0.6 is 0 Å². The molecule has 6 aromatic carbocycles. The molecule has 0 aliphatic heterocycles. The minimum atomic E-state index is -0.761. The molecule has 0 N–H and O–H groups in total. The summed E-state index contributed by atoms with van der Waals surface area (Å²) in [7, 11) is 0. The first-order chi connectivity index (χ1) is 21.6. The Morgan fingerprint density at radius 2 is 0.841 bits per heavy atom. The Hall–Kier alpha value is -5.74. The van der Waals surface area contributed by atoms with Crippen molar-refractivity contribution in [2.24, 2.45) is 0 Å². The summed E-state index contributed by atoms with van der Waals surface area (Å²) in [6.45, 7) is 8.09. The quantitative estimate of drug-likeness (QED) is 0.127. The maximum atomic E-state index is 13.2. The van der Waals surface area contributed by atoms with Gasteiger partial charge in [-0.3, -0.25) is 0 Å². The van der Waals surface area contributed by atoms with Gasteiger partial charge < -0.3 is 9.47 Å². The van der Waals surface area contributed by atoms with Crippen LogP contribution in [0.15, 0.2) is 159 Å². The van der Waals surface area contributed by atoms with E-state index in [1.807, 2.05) is 72.8 Å². The fourth-order valence-electron chi connectivity index (χ4n) is 5.60. The van der Waals surface area contributed by atoms with Crippen LogP contribution in [-0.2, 0) is 9.47 Å². The third-order valence-electron chi connectivity index (χ3n) is 7.70. The highest BCUT2D eigenvalue weighted by atomic mass is 16.5. The Labute approximate surface area is 256 Å². The highest BCUT2D eigenvalue weighted by molar-refractivity contribution is 6.08. The van der Waals surface area contributed by atoms with Crippen molar-refractivity contribution >= 4 is 33.5 Å². The number of ether oxygens (including phenoxy) is 2. The van der Waals surface area contributed by atoms with E-state index in [0.717, 1.165) is 43.8 Å². The minimum Gasteiger partial charge on any atom is -0.450 e. The molecule has 0 amide bonds. The van der Waals surface area contributed by atoms with Crippen molar-refractivity contribution in [2.45, 2.75) is 12.2 Å². The van der Waals surface area contributed by atoms with Crippen LogP contribution in [0.2, 0.25) is 0 Å². The second-order valence-electron chi connectivity index (χ2n) is 10.4. The van der Waals surface area contributed by atoms with E-state index in [1.165, 1.54) is 0 Å². The highest BCUT2D eigenvalue weighted by Crippen LogP contribution is 2.44. The molecule has 0 aliphatic carbocycles. The van der Waals surface area contributed by atoms with Gasteiger partial charge in [-0.05, 0) is 69.1 Å². The van der Waals surface area contributed by atoms with Gasteiger partial charge in [-0.15, -0.1) is 0 Å². The maximum Gasteiger partial charge on any atom is 0.339 e. The molecule has 0 saturated heterocycles. The molecule has 6 rings (SSSR count). The largest absolute Gasteiger partial charge is 0.450 e. The summed E-state index contributed by atoms with van der Waals surface area (Å²) in [6.07, 6.45) is 1.76. The fourth-order valence-corrected chi connectivity index (χ4v) is 5.60. The second kappa shape index (κ2) is 12.6. The molecule has 0 aliphatic rings. The van der Waals surface area contributed by atoms with Crippen LogP contribution in [-0.4, -0.2) is 11.9 Å². The number of esters is 2. The number of carbonyl (C=O) groups is 2. The van der Waals surface area contributed by atoms with Gasteiger partial charge in [0.15, 0.2) is 0 Å². The third-order valence-corrected chi connectivity index (χ3v) is 7.70. The topological polar surface area (TPSA) is 52.6 Å². The zero-order chi connectivity index (χ0) is 30.5. The standard InChI is InChI=1S/C40H30O4/c1-3-35(43-39(41)29-17-7-5-8-18-29)33-25-23-27-15-11-13-21-31(27)37(33)38-32-22-14-12-16-28(32)24-26-34(38)36(4-2)44-40(42)30-19-9-6-10-20-30/h3-26,35-36H,1-2H2. The van der Waals surface area contributed by atoms with Gasteiger partial charge in [-0.25, -0.2) is 9.59 Å². The average Bonchev–Trinajstić information content (AvgIpc) is 3.09. The van der Waals surface area contributed by atoms with Crippen LogP contribution in [0.1, 0.15) is 44.1 Å². The van der Waals surface area contributed by atoms with Gasteiger partial charge in [-0.2, -0.15) is 0 Å². The highest BCUT2D eigenvalue weighted by Gasteiger charge is 2.26. The molecule has 0 radical (unpaired) electrons. The van der Waals surface area contributed by atoms with E-state index in [0.29, 0.717) is 11.1 Å². The molecule has 2 unspecified atom stereocenters. The normalized spacial score (nSPS) is 12.3. The number of hydrogen-bond acceptors (Lipinski definition) is 4. The van der Waals surface area contributed by atoms with Gasteiger partial charge in [0, 0.05) is 11.1 Å². The molecule has 6 aromatic rings. The Morgan fingerprint density at radius 3 is 1.23 bits per heavy atom. The first-order valence-electron chi connectivity index (χ1n) is 14.4. The Morgan fingerprint density at radius 1 is 0.477 bits per heavy atom. The lowest BCUT2D eigenvalue weighted by Gasteiger charge is -2.25. The summed E-state index contributed by atoms with van der Waals surface area (Å²) in [4.78, 5) is 26.5. The summed E-state index contributed by atoms with van der Waals surface area (Å²) in [6, 6.07) is 42.0.